The van der Waals surface area contributed by atoms with Crippen LogP contribution in [0.15, 0.2) is 24.3 Å². The Morgan fingerprint density at radius 2 is 1.84 bits per heavy atom. The Bertz CT molecular complexity index is 573. The van der Waals surface area contributed by atoms with Crippen LogP contribution in [0.2, 0.25) is 0 Å². The maximum Gasteiger partial charge on any atom is 0.431 e. The number of hydrogen-bond donors (Lipinski definition) is 2. The van der Waals surface area contributed by atoms with Gasteiger partial charge in [0, 0.05) is 17.3 Å². The number of carboxylic acid groups (broad SMARTS) is 1. The van der Waals surface area contributed by atoms with Gasteiger partial charge in [0.05, 0.1) is 0 Å². The molecule has 0 saturated heterocycles. The zero-order valence-corrected chi connectivity index (χ0v) is 10.5. The molecular formula is C13H14F3NO2. The van der Waals surface area contributed by atoms with Crippen LogP contribution >= 0.6 is 0 Å². The Labute approximate surface area is 108 Å². The molecule has 2 aromatic rings. The number of rotatable bonds is 1. The number of H-pyrrole nitrogens is 1. The molecule has 6 heteroatoms. The summed E-state index contributed by atoms with van der Waals surface area (Å²) in [6, 6.07) is 6.75. The van der Waals surface area contributed by atoms with Crippen molar-refractivity contribution in [3.8, 4) is 0 Å². The second-order valence-corrected chi connectivity index (χ2v) is 3.92. The molecule has 0 atom stereocenters. The SMILES string of the molecule is CCC(=O)O.Cc1c(C(F)(F)F)[nH]c2ccccc12. The van der Waals surface area contributed by atoms with Crippen LogP contribution in [0.5, 0.6) is 0 Å². The summed E-state index contributed by atoms with van der Waals surface area (Å²) >= 11 is 0. The summed E-state index contributed by atoms with van der Waals surface area (Å²) in [5, 5.41) is 8.35. The molecule has 0 aliphatic rings. The van der Waals surface area contributed by atoms with Crippen molar-refractivity contribution in [1.82, 2.24) is 4.98 Å². The van der Waals surface area contributed by atoms with Crippen LogP contribution in [0.4, 0.5) is 13.2 Å². The first-order chi connectivity index (χ1) is 8.77. The molecule has 2 N–H and O–H groups in total. The van der Waals surface area contributed by atoms with Crippen LogP contribution in [0.1, 0.15) is 24.6 Å². The number of alkyl halides is 3. The summed E-state index contributed by atoms with van der Waals surface area (Å²) in [4.78, 5) is 11.7. The molecular weight excluding hydrogens is 259 g/mol. The van der Waals surface area contributed by atoms with Gasteiger partial charge in [-0.1, -0.05) is 25.1 Å². The summed E-state index contributed by atoms with van der Waals surface area (Å²) in [5.74, 6) is -0.745. The minimum atomic E-state index is -4.30. The second kappa shape index (κ2) is 5.77. The first-order valence-corrected chi connectivity index (χ1v) is 5.63. The first kappa shape index (κ1) is 15.1. The Kier molecular flexibility index (Phi) is 4.58. The fourth-order valence-corrected chi connectivity index (χ4v) is 1.57. The Morgan fingerprint density at radius 3 is 2.26 bits per heavy atom. The Morgan fingerprint density at radius 1 is 1.32 bits per heavy atom. The van der Waals surface area contributed by atoms with Gasteiger partial charge >= 0.3 is 12.1 Å². The van der Waals surface area contributed by atoms with E-state index < -0.39 is 17.8 Å². The molecule has 19 heavy (non-hydrogen) atoms. The minimum absolute atomic E-state index is 0.222. The summed E-state index contributed by atoms with van der Waals surface area (Å²) < 4.78 is 37.4. The van der Waals surface area contributed by atoms with Gasteiger partial charge in [-0.05, 0) is 18.6 Å². The predicted molar refractivity (Wildman–Crippen MR) is 66.0 cm³/mol. The molecule has 0 saturated carbocycles. The molecule has 1 heterocycles. The van der Waals surface area contributed by atoms with Crippen LogP contribution in [0, 0.1) is 6.92 Å². The number of benzene rings is 1. The lowest BCUT2D eigenvalue weighted by Crippen LogP contribution is -2.06. The number of carboxylic acids is 1. The van der Waals surface area contributed by atoms with Crippen molar-refractivity contribution in [2.45, 2.75) is 26.4 Å². The third kappa shape index (κ3) is 3.74. The van der Waals surface area contributed by atoms with Crippen LogP contribution in [-0.2, 0) is 11.0 Å². The Balaban J connectivity index is 0.000000312. The van der Waals surface area contributed by atoms with E-state index in [1.54, 1.807) is 31.2 Å². The van der Waals surface area contributed by atoms with Crippen molar-refractivity contribution in [1.29, 1.82) is 0 Å². The lowest BCUT2D eigenvalue weighted by molar-refractivity contribution is -0.141. The molecule has 104 valence electrons. The summed E-state index contributed by atoms with van der Waals surface area (Å²) in [6.45, 7) is 3.07. The van der Waals surface area contributed by atoms with Gasteiger partial charge < -0.3 is 10.1 Å². The Hall–Kier alpha value is -1.98. The van der Waals surface area contributed by atoms with Crippen LogP contribution in [-0.4, -0.2) is 16.1 Å². The molecule has 0 amide bonds. The molecule has 0 bridgehead atoms. The van der Waals surface area contributed by atoms with E-state index >= 15 is 0 Å². The third-order valence-electron chi connectivity index (χ3n) is 2.55. The topological polar surface area (TPSA) is 53.1 Å². The van der Waals surface area contributed by atoms with E-state index in [-0.39, 0.29) is 12.0 Å². The van der Waals surface area contributed by atoms with E-state index in [0.29, 0.717) is 10.9 Å². The number of aryl methyl sites for hydroxylation is 1. The van der Waals surface area contributed by atoms with E-state index in [2.05, 4.69) is 4.98 Å². The fourth-order valence-electron chi connectivity index (χ4n) is 1.57. The van der Waals surface area contributed by atoms with Crippen LogP contribution < -0.4 is 0 Å². The molecule has 1 aromatic carbocycles. The highest BCUT2D eigenvalue weighted by Crippen LogP contribution is 2.34. The molecule has 0 aliphatic carbocycles. The van der Waals surface area contributed by atoms with E-state index in [1.807, 2.05) is 0 Å². The molecule has 0 unspecified atom stereocenters. The van der Waals surface area contributed by atoms with Crippen molar-refractivity contribution in [3.05, 3.63) is 35.5 Å². The highest BCUT2D eigenvalue weighted by molar-refractivity contribution is 5.84. The largest absolute Gasteiger partial charge is 0.481 e. The lowest BCUT2D eigenvalue weighted by atomic mass is 10.1. The number of aromatic nitrogens is 1. The number of aromatic amines is 1. The number of nitrogens with one attached hydrogen (secondary N) is 1. The van der Waals surface area contributed by atoms with E-state index in [1.165, 1.54) is 6.92 Å². The van der Waals surface area contributed by atoms with Gasteiger partial charge in [0.15, 0.2) is 0 Å². The lowest BCUT2D eigenvalue weighted by Gasteiger charge is -2.04. The quantitative estimate of drug-likeness (QED) is 0.825. The monoisotopic (exact) mass is 273 g/mol. The zero-order chi connectivity index (χ0) is 14.6. The van der Waals surface area contributed by atoms with Crippen molar-refractivity contribution in [3.63, 3.8) is 0 Å². The number of carbonyl (C=O) groups is 1. The van der Waals surface area contributed by atoms with Crippen molar-refractivity contribution < 1.29 is 23.1 Å². The van der Waals surface area contributed by atoms with Gasteiger partial charge in [-0.15, -0.1) is 0 Å². The number of para-hydroxylation sites is 1. The van der Waals surface area contributed by atoms with Crippen molar-refractivity contribution in [2.75, 3.05) is 0 Å². The number of aliphatic carboxylic acids is 1. The molecule has 0 fully saturated rings. The molecule has 0 spiro atoms. The molecule has 1 aromatic heterocycles. The summed E-state index contributed by atoms with van der Waals surface area (Å²) in [7, 11) is 0. The molecule has 3 nitrogen and oxygen atoms in total. The minimum Gasteiger partial charge on any atom is -0.481 e. The van der Waals surface area contributed by atoms with Gasteiger partial charge in [-0.2, -0.15) is 13.2 Å². The third-order valence-corrected chi connectivity index (χ3v) is 2.55. The number of hydrogen-bond acceptors (Lipinski definition) is 1. The summed E-state index contributed by atoms with van der Waals surface area (Å²) in [5.41, 5.74) is 0.129. The van der Waals surface area contributed by atoms with E-state index in [9.17, 15) is 18.0 Å². The van der Waals surface area contributed by atoms with E-state index in [4.69, 9.17) is 5.11 Å². The van der Waals surface area contributed by atoms with Crippen molar-refractivity contribution >= 4 is 16.9 Å². The maximum absolute atomic E-state index is 12.5. The maximum atomic E-state index is 12.5. The number of halogens is 3. The average molecular weight is 273 g/mol. The normalized spacial score (nSPS) is 11.0. The van der Waals surface area contributed by atoms with Crippen LogP contribution in [0.25, 0.3) is 10.9 Å². The molecule has 0 aliphatic heterocycles. The highest BCUT2D eigenvalue weighted by atomic mass is 19.4. The average Bonchev–Trinajstić information content (AvgIpc) is 2.68. The molecule has 0 radical (unpaired) electrons. The van der Waals surface area contributed by atoms with E-state index in [0.717, 1.165) is 0 Å². The van der Waals surface area contributed by atoms with Crippen LogP contribution in [0.3, 0.4) is 0 Å². The predicted octanol–water partition coefficient (Wildman–Crippen LogP) is 3.98. The molecule has 2 rings (SSSR count). The number of fused-ring (bicyclic) bond motifs is 1. The zero-order valence-electron chi connectivity index (χ0n) is 10.5. The standard InChI is InChI=1S/C10H8F3N.C3H6O2/c1-6-7-4-2-3-5-8(7)14-9(6)10(11,12)13;1-2-3(4)5/h2-5,14H,1H3;2H2,1H3,(H,4,5). The van der Waals surface area contributed by atoms with Gasteiger partial charge in [0.2, 0.25) is 0 Å². The highest BCUT2D eigenvalue weighted by Gasteiger charge is 2.34. The van der Waals surface area contributed by atoms with Gasteiger partial charge in [-0.3, -0.25) is 4.79 Å². The first-order valence-electron chi connectivity index (χ1n) is 5.63. The van der Waals surface area contributed by atoms with Gasteiger partial charge in [0.25, 0.3) is 0 Å². The summed E-state index contributed by atoms with van der Waals surface area (Å²) in [6.07, 6.45) is -4.08. The van der Waals surface area contributed by atoms with Gasteiger partial charge in [-0.25, -0.2) is 0 Å². The van der Waals surface area contributed by atoms with Gasteiger partial charge in [0.1, 0.15) is 5.69 Å². The smallest absolute Gasteiger partial charge is 0.431 e. The van der Waals surface area contributed by atoms with Crippen molar-refractivity contribution in [2.24, 2.45) is 0 Å². The second-order valence-electron chi connectivity index (χ2n) is 3.92. The fraction of sp³-hybridized carbons (Fsp3) is 0.308.